The summed E-state index contributed by atoms with van der Waals surface area (Å²) in [4.78, 5) is 27.6. The molecule has 8 heteroatoms. The molecule has 2 aromatic rings. The molecular weight excluding hydrogens is 312 g/mol. The van der Waals surface area contributed by atoms with Crippen LogP contribution in [-0.2, 0) is 9.59 Å². The molecular formula is C16H18N4O4. The number of hydrogen-bond donors (Lipinski definition) is 3. The lowest BCUT2D eigenvalue weighted by atomic mass is 10.1. The number of amides is 1. The van der Waals surface area contributed by atoms with Gasteiger partial charge in [0.25, 0.3) is 0 Å². The number of rotatable bonds is 5. The quantitative estimate of drug-likeness (QED) is 0.769. The number of aliphatic carboxylic acids is 1. The third-order valence-corrected chi connectivity index (χ3v) is 4.46. The molecule has 0 saturated heterocycles. The zero-order valence-corrected chi connectivity index (χ0v) is 13.5. The molecule has 1 aliphatic carbocycles. The Kier molecular flexibility index (Phi) is 3.75. The highest BCUT2D eigenvalue weighted by atomic mass is 16.5. The summed E-state index contributed by atoms with van der Waals surface area (Å²) in [6, 6.07) is 7.21. The third-order valence-electron chi connectivity index (χ3n) is 4.46. The highest BCUT2D eigenvalue weighted by Gasteiger charge is 2.66. The van der Waals surface area contributed by atoms with Gasteiger partial charge in [0.05, 0.1) is 18.9 Å². The predicted octanol–water partition coefficient (Wildman–Crippen LogP) is 1.78. The Hall–Kier alpha value is -2.90. The molecule has 1 aromatic carbocycles. The first-order valence-electron chi connectivity index (χ1n) is 7.45. The van der Waals surface area contributed by atoms with E-state index in [1.807, 2.05) is 12.1 Å². The second kappa shape index (κ2) is 5.63. The molecule has 3 N–H and O–H groups in total. The van der Waals surface area contributed by atoms with Gasteiger partial charge in [0, 0.05) is 5.56 Å². The molecule has 0 unspecified atom stereocenters. The zero-order valence-electron chi connectivity index (χ0n) is 13.5. The average molecular weight is 330 g/mol. The molecule has 1 aliphatic rings. The van der Waals surface area contributed by atoms with Gasteiger partial charge in [-0.05, 0) is 29.7 Å². The summed E-state index contributed by atoms with van der Waals surface area (Å²) in [6.07, 6.45) is 0. The molecule has 1 fully saturated rings. The minimum absolute atomic E-state index is 0.123. The number of hydrogen-bond acceptors (Lipinski definition) is 5. The van der Waals surface area contributed by atoms with Crippen LogP contribution in [0.2, 0.25) is 0 Å². The molecule has 0 aliphatic heterocycles. The predicted molar refractivity (Wildman–Crippen MR) is 85.4 cm³/mol. The van der Waals surface area contributed by atoms with Crippen LogP contribution in [0.4, 0.5) is 5.95 Å². The Morgan fingerprint density at radius 2 is 1.92 bits per heavy atom. The number of methoxy groups -OCH3 is 1. The number of nitrogens with one attached hydrogen (secondary N) is 2. The second-order valence-corrected chi connectivity index (χ2v) is 6.34. The summed E-state index contributed by atoms with van der Waals surface area (Å²) < 4.78 is 5.09. The topological polar surface area (TPSA) is 117 Å². The van der Waals surface area contributed by atoms with Crippen LogP contribution in [0.1, 0.15) is 13.8 Å². The fourth-order valence-electron chi connectivity index (χ4n) is 2.97. The van der Waals surface area contributed by atoms with E-state index in [1.165, 1.54) is 0 Å². The first-order chi connectivity index (χ1) is 11.3. The number of carbonyl (C=O) groups is 2. The van der Waals surface area contributed by atoms with Crippen LogP contribution < -0.4 is 10.1 Å². The summed E-state index contributed by atoms with van der Waals surface area (Å²) in [5, 5.41) is 18.4. The van der Waals surface area contributed by atoms with Crippen molar-refractivity contribution in [2.45, 2.75) is 13.8 Å². The molecule has 1 amide bonds. The Morgan fingerprint density at radius 1 is 1.25 bits per heavy atom. The van der Waals surface area contributed by atoms with Gasteiger partial charge in [-0.1, -0.05) is 13.8 Å². The van der Waals surface area contributed by atoms with Gasteiger partial charge in [0.15, 0.2) is 5.82 Å². The smallest absolute Gasteiger partial charge is 0.307 e. The maximum atomic E-state index is 12.2. The van der Waals surface area contributed by atoms with Crippen molar-refractivity contribution in [1.82, 2.24) is 15.2 Å². The summed E-state index contributed by atoms with van der Waals surface area (Å²) in [5.41, 5.74) is 0.226. The van der Waals surface area contributed by atoms with Crippen molar-refractivity contribution in [2.24, 2.45) is 17.3 Å². The van der Waals surface area contributed by atoms with E-state index in [4.69, 9.17) is 9.84 Å². The normalized spacial score (nSPS) is 21.1. The average Bonchev–Trinajstić information content (AvgIpc) is 2.89. The molecule has 0 radical (unpaired) electrons. The molecule has 1 saturated carbocycles. The maximum Gasteiger partial charge on any atom is 0.307 e. The van der Waals surface area contributed by atoms with E-state index in [1.54, 1.807) is 33.1 Å². The number of H-pyrrole nitrogens is 1. The van der Waals surface area contributed by atoms with E-state index in [0.717, 1.165) is 11.3 Å². The number of carboxylic acids is 1. The standard InChI is InChI=1S/C16H18N4O4/c1-16(2)10(11(16)14(22)23)13(21)18-15-17-12(19-20-15)8-4-6-9(24-3)7-5-8/h4-7,10-11H,1-3H3,(H,22,23)(H2,17,18,19,20,21)/t10-,11-/m0/s1. The van der Waals surface area contributed by atoms with Gasteiger partial charge in [-0.15, -0.1) is 5.10 Å². The van der Waals surface area contributed by atoms with Crippen molar-refractivity contribution in [2.75, 3.05) is 12.4 Å². The minimum atomic E-state index is -0.964. The Labute approximate surface area is 138 Å². The van der Waals surface area contributed by atoms with Crippen molar-refractivity contribution in [3.63, 3.8) is 0 Å². The molecule has 0 spiro atoms. The van der Waals surface area contributed by atoms with Gasteiger partial charge < -0.3 is 9.84 Å². The largest absolute Gasteiger partial charge is 0.497 e. The monoisotopic (exact) mass is 330 g/mol. The lowest BCUT2D eigenvalue weighted by molar-refractivity contribution is -0.140. The SMILES string of the molecule is COc1ccc(-c2nc(NC(=O)[C@@H]3[C@@H](C(=O)O)C3(C)C)n[nH]2)cc1. The van der Waals surface area contributed by atoms with Gasteiger partial charge >= 0.3 is 5.97 Å². The molecule has 0 bridgehead atoms. The first-order valence-corrected chi connectivity index (χ1v) is 7.45. The Morgan fingerprint density at radius 3 is 2.46 bits per heavy atom. The summed E-state index contributed by atoms with van der Waals surface area (Å²) in [7, 11) is 1.58. The van der Waals surface area contributed by atoms with E-state index >= 15 is 0 Å². The van der Waals surface area contributed by atoms with Crippen molar-refractivity contribution < 1.29 is 19.4 Å². The van der Waals surface area contributed by atoms with Gasteiger partial charge in [-0.25, -0.2) is 0 Å². The summed E-state index contributed by atoms with van der Waals surface area (Å²) in [6.45, 7) is 3.52. The van der Waals surface area contributed by atoms with Gasteiger partial charge in [-0.2, -0.15) is 4.98 Å². The molecule has 8 nitrogen and oxygen atoms in total. The zero-order chi connectivity index (χ0) is 17.5. The van der Waals surface area contributed by atoms with Crippen LogP contribution in [-0.4, -0.2) is 39.3 Å². The number of aromatic amines is 1. The third kappa shape index (κ3) is 2.70. The fourth-order valence-corrected chi connectivity index (χ4v) is 2.97. The van der Waals surface area contributed by atoms with Crippen LogP contribution in [0.5, 0.6) is 5.75 Å². The number of nitrogens with zero attached hydrogens (tertiary/aromatic N) is 2. The molecule has 2 atom stereocenters. The Bertz CT molecular complexity index is 782. The van der Waals surface area contributed by atoms with E-state index in [9.17, 15) is 9.59 Å². The number of ether oxygens (including phenoxy) is 1. The highest BCUT2D eigenvalue weighted by molar-refractivity contribution is 5.98. The van der Waals surface area contributed by atoms with Gasteiger partial charge in [-0.3, -0.25) is 20.0 Å². The minimum Gasteiger partial charge on any atom is -0.497 e. The first kappa shape index (κ1) is 16.0. The number of aromatic nitrogens is 3. The van der Waals surface area contributed by atoms with Crippen molar-refractivity contribution in [3.8, 4) is 17.1 Å². The number of anilines is 1. The number of carboxylic acid groups (broad SMARTS) is 1. The van der Waals surface area contributed by atoms with Crippen molar-refractivity contribution in [1.29, 1.82) is 0 Å². The number of benzene rings is 1. The molecule has 1 aromatic heterocycles. The fraction of sp³-hybridized carbons (Fsp3) is 0.375. The van der Waals surface area contributed by atoms with Gasteiger partial charge in [0.1, 0.15) is 5.75 Å². The van der Waals surface area contributed by atoms with E-state index in [0.29, 0.717) is 5.82 Å². The summed E-state index contributed by atoms with van der Waals surface area (Å²) >= 11 is 0. The van der Waals surface area contributed by atoms with E-state index in [-0.39, 0.29) is 11.9 Å². The van der Waals surface area contributed by atoms with Gasteiger partial charge in [0.2, 0.25) is 11.9 Å². The van der Waals surface area contributed by atoms with Crippen molar-refractivity contribution >= 4 is 17.8 Å². The lowest BCUT2D eigenvalue weighted by Gasteiger charge is -2.01. The lowest BCUT2D eigenvalue weighted by Crippen LogP contribution is -2.18. The molecule has 24 heavy (non-hydrogen) atoms. The van der Waals surface area contributed by atoms with Crippen LogP contribution in [0.15, 0.2) is 24.3 Å². The molecule has 3 rings (SSSR count). The van der Waals surface area contributed by atoms with E-state index in [2.05, 4.69) is 20.5 Å². The Balaban J connectivity index is 1.70. The van der Waals surface area contributed by atoms with Crippen molar-refractivity contribution in [3.05, 3.63) is 24.3 Å². The van der Waals surface area contributed by atoms with E-state index < -0.39 is 23.2 Å². The van der Waals surface area contributed by atoms with Crippen LogP contribution in [0.3, 0.4) is 0 Å². The molecule has 126 valence electrons. The maximum absolute atomic E-state index is 12.2. The van der Waals surface area contributed by atoms with Crippen LogP contribution >= 0.6 is 0 Å². The summed E-state index contributed by atoms with van der Waals surface area (Å²) in [5.74, 6) is -1.27. The highest BCUT2D eigenvalue weighted by Crippen LogP contribution is 2.58. The molecule has 1 heterocycles. The van der Waals surface area contributed by atoms with Crippen LogP contribution in [0, 0.1) is 17.3 Å². The second-order valence-electron chi connectivity index (χ2n) is 6.34. The van der Waals surface area contributed by atoms with Crippen LogP contribution in [0.25, 0.3) is 11.4 Å². The number of carbonyl (C=O) groups excluding carboxylic acids is 1.